The molecule has 13 nitrogen and oxygen atoms in total. The van der Waals surface area contributed by atoms with Gasteiger partial charge in [0.15, 0.2) is 6.29 Å². The highest BCUT2D eigenvalue weighted by atomic mass is 35.5. The highest BCUT2D eigenvalue weighted by Crippen LogP contribution is 2.43. The fourth-order valence-electron chi connectivity index (χ4n) is 7.55. The van der Waals surface area contributed by atoms with Crippen molar-refractivity contribution in [2.24, 2.45) is 21.1 Å². The van der Waals surface area contributed by atoms with Crippen molar-refractivity contribution in [1.29, 1.82) is 0 Å². The number of aromatic hydroxyl groups is 1. The van der Waals surface area contributed by atoms with Gasteiger partial charge in [-0.2, -0.15) is 18.6 Å². The van der Waals surface area contributed by atoms with Gasteiger partial charge in [-0.15, -0.1) is 23.5 Å². The zero-order valence-corrected chi connectivity index (χ0v) is 35.9. The van der Waals surface area contributed by atoms with Crippen LogP contribution in [0.1, 0.15) is 64.5 Å². The van der Waals surface area contributed by atoms with E-state index in [1.165, 1.54) is 0 Å². The van der Waals surface area contributed by atoms with Crippen LogP contribution >= 0.6 is 35.1 Å². The number of carbonyl (C=O) groups is 1. The van der Waals surface area contributed by atoms with Gasteiger partial charge in [0.1, 0.15) is 11.4 Å². The highest BCUT2D eigenvalue weighted by molar-refractivity contribution is 7.98. The van der Waals surface area contributed by atoms with Crippen LogP contribution in [-0.4, -0.2) is 74.5 Å². The highest BCUT2D eigenvalue weighted by Gasteiger charge is 2.29. The molecule has 1 unspecified atom stereocenters. The number of thioether (sulfide) groups is 2. The summed E-state index contributed by atoms with van der Waals surface area (Å²) in [5, 5.41) is 33.7. The number of rotatable bonds is 17. The van der Waals surface area contributed by atoms with Gasteiger partial charge in [-0.25, -0.2) is 4.79 Å². The second-order valence-corrected chi connectivity index (χ2v) is 18.4. The molecule has 3 aromatic heterocycles. The van der Waals surface area contributed by atoms with Gasteiger partial charge in [-0.05, 0) is 67.3 Å². The molecule has 58 heavy (non-hydrogen) atoms. The van der Waals surface area contributed by atoms with Crippen molar-refractivity contribution >= 4 is 72.9 Å². The molecule has 1 aliphatic rings. The summed E-state index contributed by atoms with van der Waals surface area (Å²) in [4.78, 5) is 13.7. The Morgan fingerprint density at radius 3 is 2.57 bits per heavy atom. The molecular formula is C41H46ClN5O8S3. The van der Waals surface area contributed by atoms with E-state index in [1.807, 2.05) is 53.8 Å². The molecule has 0 radical (unpaired) electrons. The third-order valence-electron chi connectivity index (χ3n) is 10.2. The molecule has 1 aliphatic heterocycles. The molecule has 1 atom stereocenters. The number of aromatic carboxylic acids is 1. The maximum Gasteiger partial charge on any atom is 0.352 e. The summed E-state index contributed by atoms with van der Waals surface area (Å²) < 4.78 is 45.7. The molecule has 0 saturated carbocycles. The summed E-state index contributed by atoms with van der Waals surface area (Å²) in [6.45, 7) is 0.718. The zero-order chi connectivity index (χ0) is 41.1. The molecule has 2 N–H and O–H groups in total. The number of hydrogen-bond donors (Lipinski definition) is 2. The van der Waals surface area contributed by atoms with E-state index in [9.17, 15) is 23.4 Å². The minimum Gasteiger partial charge on any atom is -0.507 e. The SMILES string of the molecule is Cn1nc(CSCc2c(-c3c(Cl)ccc4c(CCCOS(C)(=O)=O)c(C(=O)O)n(C)c34)c(COC3CCCCO3)nn2C)cc1CSc1cc(O)c2ccccc2c1. The molecule has 4 heterocycles. The molecule has 1 fully saturated rings. The number of aromatic nitrogens is 5. The normalized spacial score (nSPS) is 14.9. The van der Waals surface area contributed by atoms with Crippen molar-refractivity contribution < 1.29 is 37.1 Å². The maximum absolute atomic E-state index is 12.8. The number of phenols is 1. The smallest absolute Gasteiger partial charge is 0.352 e. The van der Waals surface area contributed by atoms with E-state index in [1.54, 1.807) is 47.3 Å². The standard InChI is InChI=1S/C41H46ClN5O8S3/c1-45-39-31(30(40(45)41(49)50)12-9-17-55-58(4,51)52)14-15-32(42)37(39)38-33(21-54-36-13-7-8-16-53-36)44-47(3)34(38)24-56-22-26-19-27(46(2)43-26)23-57-28-18-25-10-5-6-11-29(25)35(48)20-28/h5-6,10-11,14-15,18-20,36,48H,7-9,12-13,16-17,21-24H2,1-4H3,(H,49,50). The van der Waals surface area contributed by atoms with Gasteiger partial charge in [-0.1, -0.05) is 41.9 Å². The molecule has 0 amide bonds. The first-order chi connectivity index (χ1) is 27.8. The van der Waals surface area contributed by atoms with Gasteiger partial charge in [0.05, 0.1) is 47.1 Å². The van der Waals surface area contributed by atoms with E-state index in [-0.39, 0.29) is 37.4 Å². The summed E-state index contributed by atoms with van der Waals surface area (Å²) in [5.74, 6) is 0.985. The van der Waals surface area contributed by atoms with Crippen LogP contribution in [0.4, 0.5) is 0 Å². The Bertz CT molecular complexity index is 2580. The van der Waals surface area contributed by atoms with Crippen LogP contribution in [0, 0.1) is 0 Å². The van der Waals surface area contributed by atoms with Crippen molar-refractivity contribution in [1.82, 2.24) is 24.1 Å². The van der Waals surface area contributed by atoms with E-state index in [0.717, 1.165) is 63.8 Å². The predicted octanol–water partition coefficient (Wildman–Crippen LogP) is 8.20. The Hall–Kier alpha value is -4.03. The molecule has 17 heteroatoms. The van der Waals surface area contributed by atoms with Gasteiger partial charge in [0, 0.05) is 77.5 Å². The van der Waals surface area contributed by atoms with E-state index >= 15 is 0 Å². The molecule has 308 valence electrons. The Morgan fingerprint density at radius 1 is 1.00 bits per heavy atom. The number of carboxylic acids is 1. The van der Waals surface area contributed by atoms with Crippen LogP contribution in [0.3, 0.4) is 0 Å². The summed E-state index contributed by atoms with van der Waals surface area (Å²) in [6, 6.07) is 17.4. The average Bonchev–Trinajstić information content (AvgIpc) is 3.80. The van der Waals surface area contributed by atoms with Crippen LogP contribution in [-0.2, 0) is 75.2 Å². The van der Waals surface area contributed by atoms with Crippen LogP contribution in [0.15, 0.2) is 59.5 Å². The largest absolute Gasteiger partial charge is 0.507 e. The van der Waals surface area contributed by atoms with Crippen molar-refractivity contribution in [2.45, 2.75) is 67.2 Å². The predicted molar refractivity (Wildman–Crippen MR) is 228 cm³/mol. The first kappa shape index (κ1) is 42.1. The van der Waals surface area contributed by atoms with Gasteiger partial charge < -0.3 is 24.3 Å². The van der Waals surface area contributed by atoms with Crippen molar-refractivity contribution in [2.75, 3.05) is 19.5 Å². The lowest BCUT2D eigenvalue weighted by atomic mass is 9.98. The van der Waals surface area contributed by atoms with Gasteiger partial charge in [0.2, 0.25) is 0 Å². The number of carboxylic acid groups (broad SMARTS) is 1. The molecule has 1 saturated heterocycles. The number of hydrogen-bond acceptors (Lipinski definition) is 11. The Kier molecular flexibility index (Phi) is 13.1. The third kappa shape index (κ3) is 9.38. The molecular weight excluding hydrogens is 822 g/mol. The van der Waals surface area contributed by atoms with Gasteiger partial charge >= 0.3 is 5.97 Å². The van der Waals surface area contributed by atoms with E-state index < -0.39 is 16.1 Å². The lowest BCUT2D eigenvalue weighted by Crippen LogP contribution is -2.22. The molecule has 6 aromatic rings. The molecule has 7 rings (SSSR count). The fraction of sp³-hybridized carbons (Fsp3) is 0.390. The minimum absolute atomic E-state index is 0.0744. The number of nitrogens with zero attached hydrogens (tertiary/aromatic N) is 5. The van der Waals surface area contributed by atoms with Crippen LogP contribution in [0.25, 0.3) is 32.8 Å². The van der Waals surface area contributed by atoms with Crippen LogP contribution < -0.4 is 0 Å². The lowest BCUT2D eigenvalue weighted by molar-refractivity contribution is -0.169. The third-order valence-corrected chi connectivity index (χ3v) is 13.1. The second-order valence-electron chi connectivity index (χ2n) is 14.3. The molecule has 0 spiro atoms. The number of aryl methyl sites for hydroxylation is 4. The van der Waals surface area contributed by atoms with Crippen LogP contribution in [0.5, 0.6) is 5.75 Å². The topological polar surface area (TPSA) is 160 Å². The number of benzene rings is 3. The van der Waals surface area contributed by atoms with Crippen molar-refractivity contribution in [3.8, 4) is 16.9 Å². The van der Waals surface area contributed by atoms with Crippen molar-refractivity contribution in [3.05, 3.63) is 93.7 Å². The Labute approximate surface area is 350 Å². The first-order valence-electron chi connectivity index (χ1n) is 18.9. The number of halogens is 1. The molecule has 3 aromatic carbocycles. The molecule has 0 aliphatic carbocycles. The van der Waals surface area contributed by atoms with Gasteiger partial charge in [-0.3, -0.25) is 13.5 Å². The average molecular weight is 868 g/mol. The quantitative estimate of drug-likeness (QED) is 0.0515. The van der Waals surface area contributed by atoms with E-state index in [2.05, 4.69) is 12.1 Å². The van der Waals surface area contributed by atoms with Crippen LogP contribution in [0.2, 0.25) is 5.02 Å². The number of fused-ring (bicyclic) bond motifs is 2. The second kappa shape index (κ2) is 18.1. The summed E-state index contributed by atoms with van der Waals surface area (Å²) in [7, 11) is 1.88. The van der Waals surface area contributed by atoms with Crippen molar-refractivity contribution in [3.63, 3.8) is 0 Å². The first-order valence-corrected chi connectivity index (χ1v) is 23.2. The fourth-order valence-corrected chi connectivity index (χ4v) is 10.2. The van der Waals surface area contributed by atoms with E-state index in [0.29, 0.717) is 63.0 Å². The summed E-state index contributed by atoms with van der Waals surface area (Å²) in [5.41, 5.74) is 6.20. The monoisotopic (exact) mass is 867 g/mol. The van der Waals surface area contributed by atoms with E-state index in [4.69, 9.17) is 35.5 Å². The zero-order valence-electron chi connectivity index (χ0n) is 32.7. The maximum atomic E-state index is 12.8. The number of phenolic OH excluding ortho intramolecular Hbond substituents is 1. The van der Waals surface area contributed by atoms with Gasteiger partial charge in [0.25, 0.3) is 10.1 Å². The number of ether oxygens (including phenoxy) is 2. The Balaban J connectivity index is 1.17. The summed E-state index contributed by atoms with van der Waals surface area (Å²) in [6.07, 6.45) is 3.97. The summed E-state index contributed by atoms with van der Waals surface area (Å²) >= 11 is 10.4. The Morgan fingerprint density at radius 2 is 1.81 bits per heavy atom. The minimum atomic E-state index is -3.64. The molecule has 0 bridgehead atoms. The lowest BCUT2D eigenvalue weighted by Gasteiger charge is -2.22.